The van der Waals surface area contributed by atoms with Crippen molar-refractivity contribution in [3.05, 3.63) is 0 Å². The predicted octanol–water partition coefficient (Wildman–Crippen LogP) is 1.95. The second kappa shape index (κ2) is 5.55. The van der Waals surface area contributed by atoms with Crippen molar-refractivity contribution in [3.63, 3.8) is 0 Å². The Morgan fingerprint density at radius 2 is 2.07 bits per heavy atom. The summed E-state index contributed by atoms with van der Waals surface area (Å²) in [6.07, 6.45) is 9.33. The first-order valence-electron chi connectivity index (χ1n) is 6.29. The van der Waals surface area contributed by atoms with Crippen molar-refractivity contribution in [2.75, 3.05) is 26.4 Å². The van der Waals surface area contributed by atoms with Gasteiger partial charge in [-0.05, 0) is 45.5 Å². The molecule has 0 aromatic heterocycles. The fraction of sp³-hybridized carbons (Fsp3) is 1.00. The number of nitrogens with zero attached hydrogens (tertiary/aromatic N) is 1. The van der Waals surface area contributed by atoms with Crippen LogP contribution in [0.2, 0.25) is 0 Å². The fourth-order valence-corrected chi connectivity index (χ4v) is 4.17. The molecular formula is C12H24N2S. The Morgan fingerprint density at radius 1 is 1.20 bits per heavy atom. The molecule has 1 N–H and O–H groups in total. The van der Waals surface area contributed by atoms with E-state index in [0.717, 1.165) is 17.3 Å². The number of hydrogen-bond acceptors (Lipinski definition) is 3. The Balaban J connectivity index is 1.91. The lowest BCUT2D eigenvalue weighted by Crippen LogP contribution is -2.50. The average molecular weight is 228 g/mol. The van der Waals surface area contributed by atoms with Crippen LogP contribution in [0, 0.1) is 0 Å². The molecule has 0 bridgehead atoms. The topological polar surface area (TPSA) is 15.3 Å². The Labute approximate surface area is 98.2 Å². The number of likely N-dealkylation sites (N-methyl/N-ethyl adjacent to an activating group) is 1. The molecule has 2 nitrogen and oxygen atoms in total. The molecule has 3 unspecified atom stereocenters. The second-order valence-corrected chi connectivity index (χ2v) is 5.97. The minimum absolute atomic E-state index is 0.738. The highest BCUT2D eigenvalue weighted by atomic mass is 32.2. The molecule has 1 saturated heterocycles. The van der Waals surface area contributed by atoms with Crippen molar-refractivity contribution in [2.45, 2.75) is 49.4 Å². The largest absolute Gasteiger partial charge is 0.316 e. The molecule has 1 heterocycles. The van der Waals surface area contributed by atoms with Crippen LogP contribution < -0.4 is 5.32 Å². The minimum Gasteiger partial charge on any atom is -0.316 e. The zero-order valence-electron chi connectivity index (χ0n) is 10.0. The number of piperidine rings is 1. The van der Waals surface area contributed by atoms with Crippen LogP contribution in [0.1, 0.15) is 32.1 Å². The summed E-state index contributed by atoms with van der Waals surface area (Å²) in [6.45, 7) is 2.61. The summed E-state index contributed by atoms with van der Waals surface area (Å²) in [5.74, 6) is 0. The molecule has 88 valence electrons. The molecule has 2 fully saturated rings. The summed E-state index contributed by atoms with van der Waals surface area (Å²) in [4.78, 5) is 2.75. The molecular weight excluding hydrogens is 204 g/mol. The van der Waals surface area contributed by atoms with Gasteiger partial charge in [0.1, 0.15) is 0 Å². The van der Waals surface area contributed by atoms with Gasteiger partial charge in [0.2, 0.25) is 0 Å². The molecule has 1 saturated carbocycles. The molecule has 15 heavy (non-hydrogen) atoms. The van der Waals surface area contributed by atoms with Crippen LogP contribution >= 0.6 is 11.8 Å². The Morgan fingerprint density at radius 3 is 2.80 bits per heavy atom. The number of hydrogen-bond donors (Lipinski definition) is 1. The van der Waals surface area contributed by atoms with E-state index in [1.54, 1.807) is 0 Å². The van der Waals surface area contributed by atoms with Crippen LogP contribution in [0.5, 0.6) is 0 Å². The Hall–Kier alpha value is 0.270. The molecule has 0 aromatic rings. The molecule has 2 aliphatic rings. The Kier molecular flexibility index (Phi) is 4.35. The maximum atomic E-state index is 3.44. The van der Waals surface area contributed by atoms with Gasteiger partial charge >= 0.3 is 0 Å². The quantitative estimate of drug-likeness (QED) is 0.795. The predicted molar refractivity (Wildman–Crippen MR) is 68.6 cm³/mol. The van der Waals surface area contributed by atoms with Crippen molar-refractivity contribution < 1.29 is 0 Å². The van der Waals surface area contributed by atoms with E-state index in [4.69, 9.17) is 0 Å². The normalized spacial score (nSPS) is 38.4. The average Bonchev–Trinajstić information content (AvgIpc) is 2.77. The van der Waals surface area contributed by atoms with E-state index in [1.165, 1.54) is 45.2 Å². The highest BCUT2D eigenvalue weighted by molar-refractivity contribution is 7.99. The Bertz CT molecular complexity index is 198. The van der Waals surface area contributed by atoms with Gasteiger partial charge in [-0.25, -0.2) is 0 Å². The van der Waals surface area contributed by atoms with Gasteiger partial charge in [0, 0.05) is 23.9 Å². The van der Waals surface area contributed by atoms with Gasteiger partial charge in [0.05, 0.1) is 0 Å². The van der Waals surface area contributed by atoms with Crippen LogP contribution in [-0.2, 0) is 0 Å². The molecule has 3 atom stereocenters. The highest BCUT2D eigenvalue weighted by Gasteiger charge is 2.33. The van der Waals surface area contributed by atoms with Gasteiger partial charge in [-0.3, -0.25) is 4.90 Å². The van der Waals surface area contributed by atoms with E-state index in [0.29, 0.717) is 0 Å². The molecule has 2 rings (SSSR count). The van der Waals surface area contributed by atoms with Crippen molar-refractivity contribution in [2.24, 2.45) is 0 Å². The van der Waals surface area contributed by atoms with Gasteiger partial charge in [0.25, 0.3) is 0 Å². The van der Waals surface area contributed by atoms with Gasteiger partial charge in [0.15, 0.2) is 0 Å². The van der Waals surface area contributed by atoms with E-state index >= 15 is 0 Å². The molecule has 3 heteroatoms. The summed E-state index contributed by atoms with van der Waals surface area (Å²) in [5, 5.41) is 4.35. The van der Waals surface area contributed by atoms with E-state index in [2.05, 4.69) is 35.3 Å². The van der Waals surface area contributed by atoms with Crippen molar-refractivity contribution in [1.29, 1.82) is 0 Å². The first-order valence-corrected chi connectivity index (χ1v) is 7.58. The summed E-state index contributed by atoms with van der Waals surface area (Å²) in [6, 6.07) is 1.61. The molecule has 1 aliphatic carbocycles. The second-order valence-electron chi connectivity index (χ2n) is 4.90. The summed E-state index contributed by atoms with van der Waals surface area (Å²) in [5.41, 5.74) is 0. The van der Waals surface area contributed by atoms with Crippen molar-refractivity contribution in [3.8, 4) is 0 Å². The van der Waals surface area contributed by atoms with E-state index in [1.807, 2.05) is 0 Å². The summed E-state index contributed by atoms with van der Waals surface area (Å²) >= 11 is 2.08. The highest BCUT2D eigenvalue weighted by Crippen LogP contribution is 2.33. The third-order valence-electron chi connectivity index (χ3n) is 4.05. The smallest absolute Gasteiger partial charge is 0.0215 e. The van der Waals surface area contributed by atoms with Crippen molar-refractivity contribution in [1.82, 2.24) is 10.2 Å². The van der Waals surface area contributed by atoms with Crippen molar-refractivity contribution >= 4 is 11.8 Å². The molecule has 0 amide bonds. The van der Waals surface area contributed by atoms with E-state index in [9.17, 15) is 0 Å². The summed E-state index contributed by atoms with van der Waals surface area (Å²) in [7, 11) is 2.11. The van der Waals surface area contributed by atoms with Gasteiger partial charge in [-0.2, -0.15) is 11.8 Å². The molecule has 0 aromatic carbocycles. The zero-order chi connectivity index (χ0) is 10.7. The van der Waals surface area contributed by atoms with Gasteiger partial charge < -0.3 is 5.32 Å². The minimum atomic E-state index is 0.738. The lowest BCUT2D eigenvalue weighted by Gasteiger charge is -2.38. The zero-order valence-corrected chi connectivity index (χ0v) is 10.9. The number of thioether (sulfide) groups is 1. The standard InChI is InChI=1S/C12H24N2S/c1-13-10-5-4-8-14(9-10)11-6-3-7-12(11)15-2/h10-13H,3-9H2,1-2H3. The number of nitrogens with one attached hydrogen (secondary N) is 1. The summed E-state index contributed by atoms with van der Waals surface area (Å²) < 4.78 is 0. The monoisotopic (exact) mass is 228 g/mol. The van der Waals surface area contributed by atoms with Crippen LogP contribution in [0.4, 0.5) is 0 Å². The van der Waals surface area contributed by atoms with E-state index < -0.39 is 0 Å². The van der Waals surface area contributed by atoms with Crippen LogP contribution in [0.3, 0.4) is 0 Å². The fourth-order valence-electron chi connectivity index (χ4n) is 3.14. The van der Waals surface area contributed by atoms with Crippen LogP contribution in [0.15, 0.2) is 0 Å². The van der Waals surface area contributed by atoms with Gasteiger partial charge in [-0.1, -0.05) is 6.42 Å². The number of likely N-dealkylation sites (tertiary alicyclic amines) is 1. The molecule has 0 spiro atoms. The van der Waals surface area contributed by atoms with Crippen LogP contribution in [-0.4, -0.2) is 48.6 Å². The lowest BCUT2D eigenvalue weighted by molar-refractivity contribution is 0.144. The SMILES string of the molecule is CNC1CCCN(C2CCCC2SC)C1. The maximum absolute atomic E-state index is 3.44. The molecule has 1 aliphatic heterocycles. The third-order valence-corrected chi connectivity index (χ3v) is 5.21. The number of rotatable bonds is 3. The third kappa shape index (κ3) is 2.69. The molecule has 0 radical (unpaired) electrons. The van der Waals surface area contributed by atoms with Crippen LogP contribution in [0.25, 0.3) is 0 Å². The first-order chi connectivity index (χ1) is 7.35. The maximum Gasteiger partial charge on any atom is 0.0215 e. The van der Waals surface area contributed by atoms with E-state index in [-0.39, 0.29) is 0 Å². The van der Waals surface area contributed by atoms with Gasteiger partial charge in [-0.15, -0.1) is 0 Å². The lowest BCUT2D eigenvalue weighted by atomic mass is 10.0. The first kappa shape index (κ1) is 11.7.